The molecule has 0 saturated heterocycles. The Balaban J connectivity index is 0.000000169. The van der Waals surface area contributed by atoms with Crippen LogP contribution in [0.1, 0.15) is 82.7 Å². The summed E-state index contributed by atoms with van der Waals surface area (Å²) in [5, 5.41) is 0. The van der Waals surface area contributed by atoms with E-state index in [0.29, 0.717) is 0 Å². The summed E-state index contributed by atoms with van der Waals surface area (Å²) in [5.41, 5.74) is 22.4. The number of ketones is 1. The lowest BCUT2D eigenvalue weighted by molar-refractivity contribution is 0.103. The highest BCUT2D eigenvalue weighted by Gasteiger charge is 2.11. The van der Waals surface area contributed by atoms with Crippen LogP contribution in [0.15, 0.2) is 109 Å². The van der Waals surface area contributed by atoms with Crippen LogP contribution in [0.4, 0.5) is 0 Å². The summed E-state index contributed by atoms with van der Waals surface area (Å²) in [5.74, 6) is 0.0983. The van der Waals surface area contributed by atoms with E-state index in [4.69, 9.17) is 0 Å². The van der Waals surface area contributed by atoms with Gasteiger partial charge in [-0.2, -0.15) is 0 Å². The number of rotatable bonds is 4. The number of hydrogen-bond donors (Lipinski definition) is 0. The number of benzene rings is 6. The minimum Gasteiger partial charge on any atom is -0.289 e. The molecule has 0 spiro atoms. The van der Waals surface area contributed by atoms with Crippen molar-refractivity contribution in [1.29, 1.82) is 0 Å². The van der Waals surface area contributed by atoms with Crippen molar-refractivity contribution in [3.8, 4) is 22.3 Å². The van der Waals surface area contributed by atoms with Gasteiger partial charge in [0.25, 0.3) is 0 Å². The number of aryl methyl sites for hydroxylation is 11. The van der Waals surface area contributed by atoms with E-state index >= 15 is 0 Å². The molecule has 50 heavy (non-hydrogen) atoms. The summed E-state index contributed by atoms with van der Waals surface area (Å²) < 4.78 is 0. The molecule has 0 bridgehead atoms. The van der Waals surface area contributed by atoms with Gasteiger partial charge in [-0.05, 0) is 184 Å². The van der Waals surface area contributed by atoms with E-state index in [1.165, 1.54) is 77.9 Å². The first-order valence-electron chi connectivity index (χ1n) is 17.6. The van der Waals surface area contributed by atoms with E-state index in [2.05, 4.69) is 142 Å². The Labute approximate surface area is 302 Å². The molecule has 1 heteroatoms. The highest BCUT2D eigenvalue weighted by atomic mass is 16.1. The SMILES string of the molecule is Cc1ccc(-c2ccc(C)c(C)c2)cc1C.Cc1ccc(-c2cccc(C)c2C)cc1C.Cc1ccc(C(=O)c2ccc(C)c(C)c2)cc1C. The number of hydrogen-bond acceptors (Lipinski definition) is 1. The van der Waals surface area contributed by atoms with Crippen molar-refractivity contribution in [2.24, 2.45) is 0 Å². The van der Waals surface area contributed by atoms with Crippen molar-refractivity contribution in [2.45, 2.75) is 83.1 Å². The maximum atomic E-state index is 12.4. The summed E-state index contributed by atoms with van der Waals surface area (Å²) in [7, 11) is 0. The topological polar surface area (TPSA) is 17.1 Å². The van der Waals surface area contributed by atoms with Crippen molar-refractivity contribution < 1.29 is 4.79 Å². The van der Waals surface area contributed by atoms with Gasteiger partial charge in [0.15, 0.2) is 5.78 Å². The zero-order valence-corrected chi connectivity index (χ0v) is 32.3. The van der Waals surface area contributed by atoms with Crippen LogP contribution in [-0.2, 0) is 0 Å². The molecule has 6 rings (SSSR count). The van der Waals surface area contributed by atoms with Gasteiger partial charge in [0.05, 0.1) is 0 Å². The van der Waals surface area contributed by atoms with Crippen LogP contribution in [0, 0.1) is 83.1 Å². The molecule has 0 saturated carbocycles. The van der Waals surface area contributed by atoms with Gasteiger partial charge in [-0.25, -0.2) is 0 Å². The smallest absolute Gasteiger partial charge is 0.193 e. The lowest BCUT2D eigenvalue weighted by atomic mass is 9.95. The molecule has 0 atom stereocenters. The predicted molar refractivity (Wildman–Crippen MR) is 217 cm³/mol. The fourth-order valence-corrected chi connectivity index (χ4v) is 5.75. The third-order valence-corrected chi connectivity index (χ3v) is 10.3. The highest BCUT2D eigenvalue weighted by molar-refractivity contribution is 6.09. The second-order valence-electron chi connectivity index (χ2n) is 14.1. The van der Waals surface area contributed by atoms with Crippen LogP contribution >= 0.6 is 0 Å². The molecular formula is C49H54O. The summed E-state index contributed by atoms with van der Waals surface area (Å²) in [6, 6.07) is 38.2. The molecule has 256 valence electrons. The second kappa shape index (κ2) is 16.6. The maximum Gasteiger partial charge on any atom is 0.193 e. The summed E-state index contributed by atoms with van der Waals surface area (Å²) >= 11 is 0. The molecule has 1 nitrogen and oxygen atoms in total. The van der Waals surface area contributed by atoms with Crippen LogP contribution in [0.25, 0.3) is 22.3 Å². The van der Waals surface area contributed by atoms with Gasteiger partial charge < -0.3 is 0 Å². The first-order valence-corrected chi connectivity index (χ1v) is 17.6. The van der Waals surface area contributed by atoms with Crippen LogP contribution in [0.2, 0.25) is 0 Å². The third-order valence-electron chi connectivity index (χ3n) is 10.3. The molecule has 6 aromatic carbocycles. The molecule has 0 aliphatic heterocycles. The van der Waals surface area contributed by atoms with Crippen LogP contribution in [0.5, 0.6) is 0 Å². The standard InChI is InChI=1S/C17H18O.2C16H18/c1-11-5-7-15(9-13(11)3)17(18)16-8-6-12(2)14(4)10-16;1-11-5-7-15(9-13(11)3)16-8-6-12(2)14(4)10-16;1-11-8-9-15(10-13(11)3)16-7-5-6-12(2)14(16)4/h5-10H,1-4H3;2*5-10H,1-4H3. The first-order chi connectivity index (χ1) is 23.7. The molecule has 6 aromatic rings. The van der Waals surface area contributed by atoms with E-state index in [-0.39, 0.29) is 5.78 Å². The van der Waals surface area contributed by atoms with Gasteiger partial charge in [0.2, 0.25) is 0 Å². The normalized spacial score (nSPS) is 10.5. The Morgan fingerprint density at radius 2 is 0.660 bits per heavy atom. The molecule has 0 N–H and O–H groups in total. The molecule has 0 unspecified atom stereocenters. The third kappa shape index (κ3) is 9.36. The lowest BCUT2D eigenvalue weighted by Gasteiger charge is -2.10. The Hall–Kier alpha value is -5.01. The van der Waals surface area contributed by atoms with Gasteiger partial charge in [-0.3, -0.25) is 4.79 Å². The highest BCUT2D eigenvalue weighted by Crippen LogP contribution is 2.27. The minimum atomic E-state index is 0.0983. The average Bonchev–Trinajstić information content (AvgIpc) is 3.09. The van der Waals surface area contributed by atoms with Gasteiger partial charge in [-0.1, -0.05) is 97.1 Å². The van der Waals surface area contributed by atoms with Crippen molar-refractivity contribution in [2.75, 3.05) is 0 Å². The molecule has 0 amide bonds. The number of carbonyl (C=O) groups is 1. The Morgan fingerprint density at radius 3 is 1.04 bits per heavy atom. The quantitative estimate of drug-likeness (QED) is 0.172. The second-order valence-corrected chi connectivity index (χ2v) is 14.1. The first kappa shape index (κ1) is 37.8. The van der Waals surface area contributed by atoms with Gasteiger partial charge in [-0.15, -0.1) is 0 Å². The molecule has 0 aliphatic carbocycles. The Kier molecular flexibility index (Phi) is 12.5. The molecule has 0 aliphatic rings. The summed E-state index contributed by atoms with van der Waals surface area (Å²) in [4.78, 5) is 12.4. The predicted octanol–water partition coefficient (Wildman–Crippen LogP) is 13.3. The Bertz CT molecular complexity index is 2040. The fourth-order valence-electron chi connectivity index (χ4n) is 5.75. The fraction of sp³-hybridized carbons (Fsp3) is 0.245. The van der Waals surface area contributed by atoms with Gasteiger partial charge >= 0.3 is 0 Å². The van der Waals surface area contributed by atoms with Crippen molar-refractivity contribution in [3.63, 3.8) is 0 Å². The van der Waals surface area contributed by atoms with Crippen molar-refractivity contribution in [3.05, 3.63) is 187 Å². The Morgan fingerprint density at radius 1 is 0.320 bits per heavy atom. The molecule has 0 radical (unpaired) electrons. The van der Waals surface area contributed by atoms with Gasteiger partial charge in [0.1, 0.15) is 0 Å². The van der Waals surface area contributed by atoms with E-state index in [0.717, 1.165) is 22.3 Å². The summed E-state index contributed by atoms with van der Waals surface area (Å²) in [6.07, 6.45) is 0. The summed E-state index contributed by atoms with van der Waals surface area (Å²) in [6.45, 7) is 25.5. The molecule has 0 aromatic heterocycles. The average molecular weight is 659 g/mol. The van der Waals surface area contributed by atoms with Crippen LogP contribution in [-0.4, -0.2) is 5.78 Å². The van der Waals surface area contributed by atoms with Crippen LogP contribution in [0.3, 0.4) is 0 Å². The minimum absolute atomic E-state index is 0.0983. The maximum absolute atomic E-state index is 12.4. The van der Waals surface area contributed by atoms with Crippen LogP contribution < -0.4 is 0 Å². The van der Waals surface area contributed by atoms with E-state index in [1.54, 1.807) is 0 Å². The monoisotopic (exact) mass is 658 g/mol. The van der Waals surface area contributed by atoms with Gasteiger partial charge in [0, 0.05) is 11.1 Å². The zero-order valence-electron chi connectivity index (χ0n) is 32.3. The number of carbonyl (C=O) groups excluding carboxylic acids is 1. The molecular weight excluding hydrogens is 605 g/mol. The van der Waals surface area contributed by atoms with Crippen molar-refractivity contribution in [1.82, 2.24) is 0 Å². The lowest BCUT2D eigenvalue weighted by Crippen LogP contribution is -2.03. The van der Waals surface area contributed by atoms with E-state index in [1.807, 2.05) is 50.2 Å². The van der Waals surface area contributed by atoms with Crippen molar-refractivity contribution >= 4 is 5.78 Å². The van der Waals surface area contributed by atoms with E-state index in [9.17, 15) is 4.79 Å². The zero-order chi connectivity index (χ0) is 36.7. The largest absolute Gasteiger partial charge is 0.289 e. The molecule has 0 heterocycles. The van der Waals surface area contributed by atoms with E-state index < -0.39 is 0 Å². The molecule has 0 fully saturated rings.